The van der Waals surface area contributed by atoms with Gasteiger partial charge >= 0.3 is 0 Å². The number of carbonyl (C=O) groups is 1. The third-order valence-corrected chi connectivity index (χ3v) is 5.32. The first-order chi connectivity index (χ1) is 11.7. The van der Waals surface area contributed by atoms with Gasteiger partial charge in [0.2, 0.25) is 5.91 Å². The van der Waals surface area contributed by atoms with E-state index < -0.39 is 0 Å². The Morgan fingerprint density at radius 2 is 2.29 bits per heavy atom. The van der Waals surface area contributed by atoms with Crippen LogP contribution in [0.1, 0.15) is 41.0 Å². The number of anilines is 1. The van der Waals surface area contributed by atoms with Crippen molar-refractivity contribution in [2.45, 2.75) is 39.3 Å². The number of aryl methyl sites for hydroxylation is 2. The van der Waals surface area contributed by atoms with Gasteiger partial charge in [-0.2, -0.15) is 10.2 Å². The maximum atomic E-state index is 12.3. The van der Waals surface area contributed by atoms with Crippen molar-refractivity contribution in [3.05, 3.63) is 51.6 Å². The fraction of sp³-hybridized carbons (Fsp3) is 0.353. The predicted molar refractivity (Wildman–Crippen MR) is 93.4 cm³/mol. The number of hydrogen-bond donors (Lipinski definition) is 1. The second-order valence-electron chi connectivity index (χ2n) is 6.02. The van der Waals surface area contributed by atoms with E-state index >= 15 is 0 Å². The Balaban J connectivity index is 1.73. The molecule has 6 nitrogen and oxygen atoms in total. The van der Waals surface area contributed by atoms with Crippen molar-refractivity contribution in [2.75, 3.05) is 5.32 Å². The van der Waals surface area contributed by atoms with Crippen LogP contribution < -0.4 is 5.32 Å². The fourth-order valence-corrected chi connectivity index (χ4v) is 3.94. The van der Waals surface area contributed by atoms with Gasteiger partial charge in [0.05, 0.1) is 18.4 Å². The van der Waals surface area contributed by atoms with Crippen LogP contribution in [0, 0.1) is 6.92 Å². The number of fused-ring (bicyclic) bond motifs is 1. The molecule has 1 aliphatic heterocycles. The molecule has 1 atom stereocenters. The summed E-state index contributed by atoms with van der Waals surface area (Å²) >= 11 is 1.69. The first-order valence-electron chi connectivity index (χ1n) is 8.07. The highest BCUT2D eigenvalue weighted by Gasteiger charge is 2.31. The van der Waals surface area contributed by atoms with E-state index in [-0.39, 0.29) is 11.8 Å². The second-order valence-corrected chi connectivity index (χ2v) is 7.05. The van der Waals surface area contributed by atoms with E-state index in [4.69, 9.17) is 0 Å². The number of aromatic nitrogens is 4. The summed E-state index contributed by atoms with van der Waals surface area (Å²) in [5.41, 5.74) is 3.17. The molecule has 4 heterocycles. The minimum Gasteiger partial charge on any atom is -0.311 e. The van der Waals surface area contributed by atoms with E-state index in [2.05, 4.69) is 40.1 Å². The van der Waals surface area contributed by atoms with Crippen LogP contribution in [0.2, 0.25) is 0 Å². The van der Waals surface area contributed by atoms with Gasteiger partial charge in [0.1, 0.15) is 5.82 Å². The predicted octanol–water partition coefficient (Wildman–Crippen LogP) is 2.99. The molecule has 0 aliphatic carbocycles. The summed E-state index contributed by atoms with van der Waals surface area (Å²) < 4.78 is 3.80. The van der Waals surface area contributed by atoms with Crippen LogP contribution in [-0.2, 0) is 17.9 Å². The lowest BCUT2D eigenvalue weighted by molar-refractivity contribution is -0.116. The first kappa shape index (κ1) is 15.1. The Kier molecular flexibility index (Phi) is 3.72. The third-order valence-electron chi connectivity index (χ3n) is 4.46. The summed E-state index contributed by atoms with van der Waals surface area (Å²) in [4.78, 5) is 13.5. The molecule has 4 rings (SSSR count). The zero-order valence-electron chi connectivity index (χ0n) is 13.7. The molecule has 0 saturated carbocycles. The molecule has 24 heavy (non-hydrogen) atoms. The molecule has 3 aromatic heterocycles. The van der Waals surface area contributed by atoms with E-state index in [0.717, 1.165) is 29.2 Å². The van der Waals surface area contributed by atoms with Crippen molar-refractivity contribution < 1.29 is 4.79 Å². The SMILES string of the molecule is CCn1cc(C2CC(=O)Nc3c2cnn3Cc2cccs2)c(C)n1. The quantitative estimate of drug-likeness (QED) is 0.793. The summed E-state index contributed by atoms with van der Waals surface area (Å²) in [5, 5.41) is 14.1. The number of rotatable bonds is 4. The van der Waals surface area contributed by atoms with Crippen LogP contribution in [-0.4, -0.2) is 25.5 Å². The average molecular weight is 341 g/mol. The van der Waals surface area contributed by atoms with Crippen LogP contribution in [0.25, 0.3) is 0 Å². The van der Waals surface area contributed by atoms with E-state index in [1.54, 1.807) is 11.3 Å². The molecule has 0 aromatic carbocycles. The zero-order valence-corrected chi connectivity index (χ0v) is 14.5. The van der Waals surface area contributed by atoms with Crippen LogP contribution in [0.4, 0.5) is 5.82 Å². The van der Waals surface area contributed by atoms with Gasteiger partial charge in [-0.1, -0.05) is 6.07 Å². The molecule has 0 saturated heterocycles. The van der Waals surface area contributed by atoms with Crippen molar-refractivity contribution in [3.63, 3.8) is 0 Å². The summed E-state index contributed by atoms with van der Waals surface area (Å²) in [5.74, 6) is 0.864. The summed E-state index contributed by atoms with van der Waals surface area (Å²) in [6, 6.07) is 4.11. The van der Waals surface area contributed by atoms with E-state index in [0.29, 0.717) is 13.0 Å². The number of hydrogen-bond acceptors (Lipinski definition) is 4. The Morgan fingerprint density at radius 1 is 1.42 bits per heavy atom. The number of nitrogens with one attached hydrogen (secondary N) is 1. The largest absolute Gasteiger partial charge is 0.311 e. The van der Waals surface area contributed by atoms with E-state index in [1.165, 1.54) is 4.88 Å². The molecule has 1 amide bonds. The highest BCUT2D eigenvalue weighted by atomic mass is 32.1. The normalized spacial score (nSPS) is 16.9. The molecule has 124 valence electrons. The summed E-state index contributed by atoms with van der Waals surface area (Å²) in [6.45, 7) is 5.56. The number of thiophene rings is 1. The smallest absolute Gasteiger partial charge is 0.226 e. The molecule has 0 radical (unpaired) electrons. The standard InChI is InChI=1S/C17H19N5OS/c1-3-21-10-15(11(2)20-21)13-7-16(23)19-17-14(13)8-18-22(17)9-12-5-4-6-24-12/h4-6,8,10,13H,3,7,9H2,1-2H3,(H,19,23). The Morgan fingerprint density at radius 3 is 3.00 bits per heavy atom. The van der Waals surface area contributed by atoms with Gasteiger partial charge in [0.25, 0.3) is 0 Å². The van der Waals surface area contributed by atoms with Gasteiger partial charge in [-0.05, 0) is 25.3 Å². The zero-order chi connectivity index (χ0) is 16.7. The van der Waals surface area contributed by atoms with Gasteiger partial charge in [0, 0.05) is 41.1 Å². The fourth-order valence-electron chi connectivity index (χ4n) is 3.25. The van der Waals surface area contributed by atoms with Gasteiger partial charge < -0.3 is 5.32 Å². The van der Waals surface area contributed by atoms with Crippen LogP contribution in [0.3, 0.4) is 0 Å². The van der Waals surface area contributed by atoms with Crippen LogP contribution >= 0.6 is 11.3 Å². The van der Waals surface area contributed by atoms with Crippen molar-refractivity contribution >= 4 is 23.1 Å². The molecule has 1 N–H and O–H groups in total. The molecule has 0 fully saturated rings. The lowest BCUT2D eigenvalue weighted by Crippen LogP contribution is -2.25. The van der Waals surface area contributed by atoms with Crippen LogP contribution in [0.5, 0.6) is 0 Å². The van der Waals surface area contributed by atoms with Crippen molar-refractivity contribution in [3.8, 4) is 0 Å². The van der Waals surface area contributed by atoms with Crippen molar-refractivity contribution in [1.29, 1.82) is 0 Å². The number of amides is 1. The highest BCUT2D eigenvalue weighted by molar-refractivity contribution is 7.09. The van der Waals surface area contributed by atoms with Gasteiger partial charge in [-0.15, -0.1) is 11.3 Å². The maximum absolute atomic E-state index is 12.3. The molecule has 1 unspecified atom stereocenters. The lowest BCUT2D eigenvalue weighted by Gasteiger charge is -2.23. The molecule has 0 spiro atoms. The van der Waals surface area contributed by atoms with Gasteiger partial charge in [0.15, 0.2) is 0 Å². The minimum absolute atomic E-state index is 0.0196. The summed E-state index contributed by atoms with van der Waals surface area (Å²) in [7, 11) is 0. The average Bonchev–Trinajstić information content (AvgIpc) is 3.28. The van der Waals surface area contributed by atoms with Crippen LogP contribution in [0.15, 0.2) is 29.9 Å². The first-order valence-corrected chi connectivity index (χ1v) is 8.95. The van der Waals surface area contributed by atoms with E-state index in [9.17, 15) is 4.79 Å². The second kappa shape index (κ2) is 5.90. The molecule has 1 aliphatic rings. The van der Waals surface area contributed by atoms with E-state index in [1.807, 2.05) is 28.6 Å². The summed E-state index contributed by atoms with van der Waals surface area (Å²) in [6.07, 6.45) is 4.38. The molecular weight excluding hydrogens is 322 g/mol. The molecule has 3 aromatic rings. The number of nitrogens with zero attached hydrogens (tertiary/aromatic N) is 4. The Labute approximate surface area is 144 Å². The Bertz CT molecular complexity index is 877. The minimum atomic E-state index is 0.0196. The molecule has 0 bridgehead atoms. The van der Waals surface area contributed by atoms with Crippen molar-refractivity contribution in [2.24, 2.45) is 0 Å². The van der Waals surface area contributed by atoms with Gasteiger partial charge in [-0.25, -0.2) is 4.68 Å². The van der Waals surface area contributed by atoms with Crippen molar-refractivity contribution in [1.82, 2.24) is 19.6 Å². The monoisotopic (exact) mass is 341 g/mol. The third kappa shape index (κ3) is 2.54. The topological polar surface area (TPSA) is 64.7 Å². The molecule has 7 heteroatoms. The lowest BCUT2D eigenvalue weighted by atomic mass is 9.88. The number of carbonyl (C=O) groups excluding carboxylic acids is 1. The molecular formula is C17H19N5OS. The maximum Gasteiger partial charge on any atom is 0.226 e. The Hall–Kier alpha value is -2.41. The highest BCUT2D eigenvalue weighted by Crippen LogP contribution is 2.38. The van der Waals surface area contributed by atoms with Gasteiger partial charge in [-0.3, -0.25) is 9.48 Å².